The zero-order valence-electron chi connectivity index (χ0n) is 12.6. The summed E-state index contributed by atoms with van der Waals surface area (Å²) < 4.78 is 8.00. The number of rotatable bonds is 8. The van der Waals surface area contributed by atoms with E-state index in [4.69, 9.17) is 10.5 Å². The topological polar surface area (TPSA) is 40.2 Å². The van der Waals surface area contributed by atoms with Gasteiger partial charge in [-0.25, -0.2) is 0 Å². The molecule has 0 aliphatic carbocycles. The molecule has 3 nitrogen and oxygen atoms in total. The lowest BCUT2D eigenvalue weighted by atomic mass is 10.1. The molecule has 3 heteroatoms. The molecule has 1 aromatic heterocycles. The molecule has 0 amide bonds. The van der Waals surface area contributed by atoms with Gasteiger partial charge in [0.2, 0.25) is 0 Å². The lowest BCUT2D eigenvalue weighted by molar-refractivity contribution is 0.104. The van der Waals surface area contributed by atoms with Crippen molar-refractivity contribution < 1.29 is 4.74 Å². The molecular formula is C17H26N2O. The normalized spacial score (nSPS) is 11.6. The smallest absolute Gasteiger partial charge is 0.0645 e. The van der Waals surface area contributed by atoms with E-state index in [9.17, 15) is 0 Å². The second-order valence-corrected chi connectivity index (χ2v) is 5.73. The highest BCUT2D eigenvalue weighted by Crippen LogP contribution is 2.22. The van der Waals surface area contributed by atoms with E-state index in [0.29, 0.717) is 5.92 Å². The number of ether oxygens (including phenoxy) is 1. The average molecular weight is 274 g/mol. The molecule has 0 spiro atoms. The Morgan fingerprint density at radius 3 is 2.80 bits per heavy atom. The molecule has 0 aliphatic heterocycles. The Balaban J connectivity index is 2.08. The van der Waals surface area contributed by atoms with Gasteiger partial charge >= 0.3 is 0 Å². The minimum absolute atomic E-state index is 0.594. The Labute approximate surface area is 121 Å². The highest BCUT2D eigenvalue weighted by Gasteiger charge is 2.07. The van der Waals surface area contributed by atoms with E-state index < -0.39 is 0 Å². The molecule has 0 saturated carbocycles. The van der Waals surface area contributed by atoms with Gasteiger partial charge in [-0.2, -0.15) is 0 Å². The Kier molecular flexibility index (Phi) is 5.62. The molecule has 1 heterocycles. The number of nitrogens with two attached hydrogens (primary N) is 1. The molecule has 0 unspecified atom stereocenters. The first kappa shape index (κ1) is 15.1. The van der Waals surface area contributed by atoms with Crippen molar-refractivity contribution in [3.05, 3.63) is 36.0 Å². The van der Waals surface area contributed by atoms with Crippen molar-refractivity contribution in [2.75, 3.05) is 19.8 Å². The molecule has 0 atom stereocenters. The molecule has 0 bridgehead atoms. The zero-order chi connectivity index (χ0) is 14.4. The van der Waals surface area contributed by atoms with E-state index in [2.05, 4.69) is 48.9 Å². The predicted molar refractivity (Wildman–Crippen MR) is 85.0 cm³/mol. The van der Waals surface area contributed by atoms with Gasteiger partial charge in [-0.3, -0.25) is 0 Å². The van der Waals surface area contributed by atoms with Crippen LogP contribution in [0.25, 0.3) is 10.9 Å². The lowest BCUT2D eigenvalue weighted by Gasteiger charge is -2.08. The van der Waals surface area contributed by atoms with Crippen LogP contribution in [0.4, 0.5) is 0 Å². The highest BCUT2D eigenvalue weighted by molar-refractivity contribution is 5.83. The molecule has 2 rings (SSSR count). The van der Waals surface area contributed by atoms with Gasteiger partial charge in [-0.1, -0.05) is 32.0 Å². The van der Waals surface area contributed by atoms with Gasteiger partial charge in [0.15, 0.2) is 0 Å². The largest absolute Gasteiger partial charge is 0.379 e. The Morgan fingerprint density at radius 1 is 1.25 bits per heavy atom. The molecule has 0 saturated heterocycles. The van der Waals surface area contributed by atoms with E-state index >= 15 is 0 Å². The number of hydrogen-bond acceptors (Lipinski definition) is 2. The fourth-order valence-corrected chi connectivity index (χ4v) is 2.48. The second-order valence-electron chi connectivity index (χ2n) is 5.73. The molecule has 0 aliphatic rings. The van der Waals surface area contributed by atoms with Gasteiger partial charge in [0, 0.05) is 30.3 Å². The van der Waals surface area contributed by atoms with Crippen LogP contribution in [0.2, 0.25) is 0 Å². The molecular weight excluding hydrogens is 248 g/mol. The van der Waals surface area contributed by atoms with Crippen molar-refractivity contribution in [1.29, 1.82) is 0 Å². The minimum atomic E-state index is 0.594. The maximum atomic E-state index is 5.70. The average Bonchev–Trinajstić information content (AvgIpc) is 2.80. The fraction of sp³-hybridized carbons (Fsp3) is 0.529. The zero-order valence-corrected chi connectivity index (χ0v) is 12.6. The van der Waals surface area contributed by atoms with E-state index in [-0.39, 0.29) is 0 Å². The van der Waals surface area contributed by atoms with Gasteiger partial charge in [-0.15, -0.1) is 0 Å². The molecule has 0 radical (unpaired) electrons. The summed E-state index contributed by atoms with van der Waals surface area (Å²) in [6, 6.07) is 8.59. The molecule has 110 valence electrons. The monoisotopic (exact) mass is 274 g/mol. The van der Waals surface area contributed by atoms with Crippen molar-refractivity contribution in [3.8, 4) is 0 Å². The molecule has 20 heavy (non-hydrogen) atoms. The van der Waals surface area contributed by atoms with Crippen LogP contribution in [0.5, 0.6) is 0 Å². The van der Waals surface area contributed by atoms with Gasteiger partial charge in [0.1, 0.15) is 0 Å². The fourth-order valence-electron chi connectivity index (χ4n) is 2.48. The number of aromatic nitrogens is 1. The number of fused-ring (bicyclic) bond motifs is 1. The number of nitrogens with zero attached hydrogens (tertiary/aromatic N) is 1. The Morgan fingerprint density at radius 2 is 2.05 bits per heavy atom. The summed E-state index contributed by atoms with van der Waals surface area (Å²) in [5.74, 6) is 0.594. The van der Waals surface area contributed by atoms with E-state index in [1.807, 2.05) is 0 Å². The number of aryl methyl sites for hydroxylation is 1. The van der Waals surface area contributed by atoms with Crippen LogP contribution in [-0.4, -0.2) is 24.3 Å². The van der Waals surface area contributed by atoms with Crippen LogP contribution in [0.1, 0.15) is 25.8 Å². The standard InChI is InChI=1S/C17H26N2O/c1-14(2)13-20-11-10-19-12-15(6-5-9-18)16-7-3-4-8-17(16)19/h3-4,7-8,12,14H,5-6,9-11,13,18H2,1-2H3. The van der Waals surface area contributed by atoms with Crippen molar-refractivity contribution >= 4 is 10.9 Å². The van der Waals surface area contributed by atoms with E-state index in [1.165, 1.54) is 16.5 Å². The maximum absolute atomic E-state index is 5.70. The minimum Gasteiger partial charge on any atom is -0.379 e. The van der Waals surface area contributed by atoms with Gasteiger partial charge in [0.05, 0.1) is 6.61 Å². The van der Waals surface area contributed by atoms with Gasteiger partial charge in [-0.05, 0) is 36.9 Å². The number of para-hydroxylation sites is 1. The lowest BCUT2D eigenvalue weighted by Crippen LogP contribution is -2.08. The van der Waals surface area contributed by atoms with E-state index in [1.54, 1.807) is 0 Å². The molecule has 0 fully saturated rings. The summed E-state index contributed by atoms with van der Waals surface area (Å²) in [4.78, 5) is 0. The third kappa shape index (κ3) is 3.84. The number of benzene rings is 1. The van der Waals surface area contributed by atoms with Crippen LogP contribution in [-0.2, 0) is 17.7 Å². The molecule has 2 N–H and O–H groups in total. The van der Waals surface area contributed by atoms with Crippen LogP contribution < -0.4 is 5.73 Å². The molecule has 2 aromatic rings. The van der Waals surface area contributed by atoms with Crippen LogP contribution >= 0.6 is 0 Å². The SMILES string of the molecule is CC(C)COCCn1cc(CCCN)c2ccccc21. The summed E-state index contributed by atoms with van der Waals surface area (Å²) in [7, 11) is 0. The van der Waals surface area contributed by atoms with Gasteiger partial charge < -0.3 is 15.0 Å². The summed E-state index contributed by atoms with van der Waals surface area (Å²) in [5, 5.41) is 1.35. The first-order valence-corrected chi connectivity index (χ1v) is 7.57. The first-order valence-electron chi connectivity index (χ1n) is 7.57. The third-order valence-electron chi connectivity index (χ3n) is 3.45. The van der Waals surface area contributed by atoms with Gasteiger partial charge in [0.25, 0.3) is 0 Å². The maximum Gasteiger partial charge on any atom is 0.0645 e. The summed E-state index contributed by atoms with van der Waals surface area (Å²) in [6.07, 6.45) is 4.35. The summed E-state index contributed by atoms with van der Waals surface area (Å²) in [5.41, 5.74) is 8.32. The van der Waals surface area contributed by atoms with Crippen molar-refractivity contribution in [2.24, 2.45) is 11.7 Å². The van der Waals surface area contributed by atoms with Crippen LogP contribution in [0.3, 0.4) is 0 Å². The predicted octanol–water partition coefficient (Wildman–Crippen LogP) is 3.21. The summed E-state index contributed by atoms with van der Waals surface area (Å²) in [6.45, 7) is 7.62. The Bertz CT molecular complexity index is 531. The summed E-state index contributed by atoms with van der Waals surface area (Å²) >= 11 is 0. The van der Waals surface area contributed by atoms with Crippen LogP contribution in [0.15, 0.2) is 30.5 Å². The van der Waals surface area contributed by atoms with Crippen molar-refractivity contribution in [2.45, 2.75) is 33.2 Å². The van der Waals surface area contributed by atoms with Crippen LogP contribution in [0, 0.1) is 5.92 Å². The van der Waals surface area contributed by atoms with Crippen molar-refractivity contribution in [3.63, 3.8) is 0 Å². The molecule has 1 aromatic carbocycles. The highest BCUT2D eigenvalue weighted by atomic mass is 16.5. The quantitative estimate of drug-likeness (QED) is 0.751. The third-order valence-corrected chi connectivity index (χ3v) is 3.45. The van der Waals surface area contributed by atoms with Crippen molar-refractivity contribution in [1.82, 2.24) is 4.57 Å². The first-order chi connectivity index (χ1) is 9.72. The number of hydrogen-bond donors (Lipinski definition) is 1. The van der Waals surface area contributed by atoms with E-state index in [0.717, 1.165) is 39.1 Å². The Hall–Kier alpha value is -1.32. The second kappa shape index (κ2) is 7.46.